The molecule has 0 amide bonds. The monoisotopic (exact) mass is 305 g/mol. The molecular weight excluding hydrogens is 294 g/mol. The van der Waals surface area contributed by atoms with E-state index in [1.807, 2.05) is 24.3 Å². The number of anilines is 3. The number of nitrogens with one attached hydrogen (secondary N) is 2. The molecule has 5 nitrogen and oxygen atoms in total. The molecule has 1 aromatic carbocycles. The largest absolute Gasteiger partial charge is 0.365 e. The first-order valence-electron chi connectivity index (χ1n) is 5.35. The van der Waals surface area contributed by atoms with Crippen LogP contribution in [0.25, 0.3) is 0 Å². The Labute approximate surface area is 113 Å². The van der Waals surface area contributed by atoms with Crippen LogP contribution in [0.3, 0.4) is 0 Å². The number of halogens is 1. The zero-order chi connectivity index (χ0) is 12.8. The van der Waals surface area contributed by atoms with Crippen molar-refractivity contribution in [1.82, 2.24) is 15.2 Å². The van der Waals surface area contributed by atoms with Gasteiger partial charge in [-0.25, -0.2) is 0 Å². The number of aromatic nitrogens is 3. The van der Waals surface area contributed by atoms with Crippen molar-refractivity contribution in [3.8, 4) is 0 Å². The molecule has 0 saturated heterocycles. The highest BCUT2D eigenvalue weighted by molar-refractivity contribution is 9.10. The van der Waals surface area contributed by atoms with E-state index in [9.17, 15) is 0 Å². The van der Waals surface area contributed by atoms with Gasteiger partial charge >= 0.3 is 0 Å². The van der Waals surface area contributed by atoms with Crippen LogP contribution in [-0.2, 0) is 0 Å². The average Bonchev–Trinajstić information content (AvgIpc) is 2.40. The molecule has 0 radical (unpaired) electrons. The fourth-order valence-corrected chi connectivity index (χ4v) is 1.69. The van der Waals surface area contributed by atoms with Gasteiger partial charge in [-0.1, -0.05) is 18.2 Å². The highest BCUT2D eigenvalue weighted by Gasteiger charge is 2.03. The van der Waals surface area contributed by atoms with Crippen LogP contribution in [0.15, 0.2) is 47.6 Å². The van der Waals surface area contributed by atoms with Gasteiger partial charge in [-0.3, -0.25) is 0 Å². The van der Waals surface area contributed by atoms with Gasteiger partial charge in [-0.05, 0) is 28.1 Å². The standard InChI is InChI=1S/C12H12BrN5/c1-2-7-14-11-8-15-18-12(17-11)16-10-6-4-3-5-9(10)13/h2-6,8H,1,7H2,(H2,14,16,17,18). The molecule has 2 rings (SSSR count). The van der Waals surface area contributed by atoms with E-state index < -0.39 is 0 Å². The molecule has 0 spiro atoms. The molecule has 2 N–H and O–H groups in total. The first kappa shape index (κ1) is 12.5. The second-order valence-electron chi connectivity index (χ2n) is 3.44. The summed E-state index contributed by atoms with van der Waals surface area (Å²) in [5, 5.41) is 13.9. The summed E-state index contributed by atoms with van der Waals surface area (Å²) in [5.74, 6) is 1.09. The molecule has 0 aliphatic carbocycles. The van der Waals surface area contributed by atoms with Crippen LogP contribution in [0.4, 0.5) is 17.5 Å². The summed E-state index contributed by atoms with van der Waals surface area (Å²) < 4.78 is 0.943. The first-order chi connectivity index (χ1) is 8.79. The number of benzene rings is 1. The number of rotatable bonds is 5. The molecule has 0 saturated carbocycles. The maximum atomic E-state index is 4.28. The molecule has 18 heavy (non-hydrogen) atoms. The lowest BCUT2D eigenvalue weighted by Gasteiger charge is -2.07. The van der Waals surface area contributed by atoms with Crippen molar-refractivity contribution < 1.29 is 0 Å². The van der Waals surface area contributed by atoms with Crippen molar-refractivity contribution in [3.05, 3.63) is 47.6 Å². The summed E-state index contributed by atoms with van der Waals surface area (Å²) in [6.07, 6.45) is 3.32. The van der Waals surface area contributed by atoms with E-state index in [4.69, 9.17) is 0 Å². The fraction of sp³-hybridized carbons (Fsp3) is 0.0833. The van der Waals surface area contributed by atoms with E-state index in [1.165, 1.54) is 0 Å². The molecule has 1 aromatic heterocycles. The zero-order valence-corrected chi connectivity index (χ0v) is 11.2. The van der Waals surface area contributed by atoms with E-state index in [0.29, 0.717) is 18.3 Å². The minimum atomic E-state index is 0.441. The third-order valence-electron chi connectivity index (χ3n) is 2.11. The summed E-state index contributed by atoms with van der Waals surface area (Å²) in [6.45, 7) is 4.26. The fourth-order valence-electron chi connectivity index (χ4n) is 1.30. The Hall–Kier alpha value is -1.95. The van der Waals surface area contributed by atoms with Gasteiger partial charge in [0.15, 0.2) is 5.82 Å². The van der Waals surface area contributed by atoms with E-state index >= 15 is 0 Å². The van der Waals surface area contributed by atoms with Gasteiger partial charge in [0.2, 0.25) is 5.95 Å². The van der Waals surface area contributed by atoms with Crippen molar-refractivity contribution >= 4 is 33.4 Å². The Kier molecular flexibility index (Phi) is 4.25. The third kappa shape index (κ3) is 3.27. The Morgan fingerprint density at radius 2 is 2.17 bits per heavy atom. The third-order valence-corrected chi connectivity index (χ3v) is 2.80. The van der Waals surface area contributed by atoms with Crippen LogP contribution in [0, 0.1) is 0 Å². The van der Waals surface area contributed by atoms with Crippen LogP contribution < -0.4 is 10.6 Å². The van der Waals surface area contributed by atoms with Crippen LogP contribution >= 0.6 is 15.9 Å². The first-order valence-corrected chi connectivity index (χ1v) is 6.15. The van der Waals surface area contributed by atoms with Gasteiger partial charge in [0, 0.05) is 11.0 Å². The highest BCUT2D eigenvalue weighted by atomic mass is 79.9. The Bertz CT molecular complexity index is 543. The second kappa shape index (κ2) is 6.11. The molecule has 6 heteroatoms. The van der Waals surface area contributed by atoms with Crippen LogP contribution in [0.1, 0.15) is 0 Å². The van der Waals surface area contributed by atoms with Crippen molar-refractivity contribution in [2.75, 3.05) is 17.2 Å². The van der Waals surface area contributed by atoms with Crippen molar-refractivity contribution in [2.24, 2.45) is 0 Å². The number of hydrogen-bond donors (Lipinski definition) is 2. The van der Waals surface area contributed by atoms with Crippen molar-refractivity contribution in [1.29, 1.82) is 0 Å². The van der Waals surface area contributed by atoms with Gasteiger partial charge in [0.1, 0.15) is 0 Å². The predicted molar refractivity (Wildman–Crippen MR) is 75.9 cm³/mol. The summed E-state index contributed by atoms with van der Waals surface area (Å²) in [5.41, 5.74) is 0.889. The molecule has 0 fully saturated rings. The predicted octanol–water partition coefficient (Wildman–Crippen LogP) is 2.98. The lowest BCUT2D eigenvalue weighted by atomic mass is 10.3. The zero-order valence-electron chi connectivity index (χ0n) is 9.60. The van der Waals surface area contributed by atoms with Gasteiger partial charge < -0.3 is 10.6 Å². The number of hydrogen-bond acceptors (Lipinski definition) is 5. The lowest BCUT2D eigenvalue weighted by Crippen LogP contribution is -2.05. The van der Waals surface area contributed by atoms with Gasteiger partial charge in [0.05, 0.1) is 11.9 Å². The molecule has 0 aliphatic rings. The van der Waals surface area contributed by atoms with Crippen molar-refractivity contribution in [3.63, 3.8) is 0 Å². The average molecular weight is 306 g/mol. The minimum Gasteiger partial charge on any atom is -0.365 e. The molecule has 0 aliphatic heterocycles. The van der Waals surface area contributed by atoms with Gasteiger partial charge in [-0.2, -0.15) is 10.1 Å². The minimum absolute atomic E-state index is 0.441. The summed E-state index contributed by atoms with van der Waals surface area (Å²) in [4.78, 5) is 4.28. The molecular formula is C12H12BrN5. The van der Waals surface area contributed by atoms with E-state index in [0.717, 1.165) is 10.2 Å². The summed E-state index contributed by atoms with van der Waals surface area (Å²) in [7, 11) is 0. The molecule has 0 bridgehead atoms. The second-order valence-corrected chi connectivity index (χ2v) is 4.29. The maximum absolute atomic E-state index is 4.28. The molecule has 0 unspecified atom stereocenters. The quantitative estimate of drug-likeness (QED) is 0.832. The molecule has 2 aromatic rings. The van der Waals surface area contributed by atoms with Gasteiger partial charge in [-0.15, -0.1) is 11.7 Å². The van der Waals surface area contributed by atoms with E-state index in [1.54, 1.807) is 12.3 Å². The van der Waals surface area contributed by atoms with Crippen LogP contribution in [0.5, 0.6) is 0 Å². The smallest absolute Gasteiger partial charge is 0.249 e. The Morgan fingerprint density at radius 1 is 1.33 bits per heavy atom. The molecule has 92 valence electrons. The van der Waals surface area contributed by atoms with Crippen molar-refractivity contribution in [2.45, 2.75) is 0 Å². The topological polar surface area (TPSA) is 62.7 Å². The van der Waals surface area contributed by atoms with E-state index in [2.05, 4.69) is 48.3 Å². The van der Waals surface area contributed by atoms with E-state index in [-0.39, 0.29) is 0 Å². The molecule has 0 atom stereocenters. The lowest BCUT2D eigenvalue weighted by molar-refractivity contribution is 0.975. The summed E-state index contributed by atoms with van der Waals surface area (Å²) >= 11 is 3.45. The Balaban J connectivity index is 2.14. The van der Waals surface area contributed by atoms with Crippen LogP contribution in [0.2, 0.25) is 0 Å². The highest BCUT2D eigenvalue weighted by Crippen LogP contribution is 2.23. The number of nitrogens with zero attached hydrogens (tertiary/aromatic N) is 3. The van der Waals surface area contributed by atoms with Crippen LogP contribution in [-0.4, -0.2) is 21.7 Å². The maximum Gasteiger partial charge on any atom is 0.249 e. The van der Waals surface area contributed by atoms with Gasteiger partial charge in [0.25, 0.3) is 0 Å². The number of para-hydroxylation sites is 1. The SMILES string of the molecule is C=CCNc1cnnc(Nc2ccccc2Br)n1. The Morgan fingerprint density at radius 3 is 2.94 bits per heavy atom. The normalized spacial score (nSPS) is 9.83. The summed E-state index contributed by atoms with van der Waals surface area (Å²) in [6, 6.07) is 7.74. The molecule has 1 heterocycles.